The summed E-state index contributed by atoms with van der Waals surface area (Å²) in [4.78, 5) is 28.6. The summed E-state index contributed by atoms with van der Waals surface area (Å²) in [7, 11) is 0. The van der Waals surface area contributed by atoms with E-state index in [-0.39, 0.29) is 29.0 Å². The predicted octanol–water partition coefficient (Wildman–Crippen LogP) is 1.43. The molecule has 2 heterocycles. The number of carbonyl (C=O) groups is 2. The molecule has 2 saturated heterocycles. The smallest absolute Gasteiger partial charge is 0.387 e. The van der Waals surface area contributed by atoms with Gasteiger partial charge in [0.2, 0.25) is 5.91 Å². The molecule has 3 rings (SSSR count). The second-order valence-corrected chi connectivity index (χ2v) is 6.70. The zero-order chi connectivity index (χ0) is 18.7. The van der Waals surface area contributed by atoms with Gasteiger partial charge in [-0.05, 0) is 31.1 Å². The molecule has 1 N–H and O–H groups in total. The molecule has 2 amide bonds. The average molecular weight is 367 g/mol. The van der Waals surface area contributed by atoms with Gasteiger partial charge < -0.3 is 19.9 Å². The molecule has 8 heteroatoms. The maximum Gasteiger partial charge on any atom is 0.387 e. The summed E-state index contributed by atoms with van der Waals surface area (Å²) in [5.74, 6) is -0.0223. The van der Waals surface area contributed by atoms with Crippen molar-refractivity contribution in [3.8, 4) is 5.75 Å². The fourth-order valence-corrected chi connectivity index (χ4v) is 3.30. The van der Waals surface area contributed by atoms with Gasteiger partial charge in [0, 0.05) is 32.1 Å². The maximum absolute atomic E-state index is 12.7. The van der Waals surface area contributed by atoms with Gasteiger partial charge in [0.1, 0.15) is 5.75 Å². The molecule has 0 spiro atoms. The first kappa shape index (κ1) is 18.6. The van der Waals surface area contributed by atoms with Crippen LogP contribution in [0.3, 0.4) is 0 Å². The first-order valence-corrected chi connectivity index (χ1v) is 8.80. The predicted molar refractivity (Wildman–Crippen MR) is 91.1 cm³/mol. The molecule has 0 saturated carbocycles. The van der Waals surface area contributed by atoms with E-state index < -0.39 is 6.61 Å². The van der Waals surface area contributed by atoms with Gasteiger partial charge in [-0.25, -0.2) is 0 Å². The van der Waals surface area contributed by atoms with Crippen molar-refractivity contribution in [2.75, 3.05) is 39.3 Å². The molecule has 1 aromatic carbocycles. The summed E-state index contributed by atoms with van der Waals surface area (Å²) < 4.78 is 29.5. The van der Waals surface area contributed by atoms with E-state index in [9.17, 15) is 18.4 Å². The number of carbonyl (C=O) groups excluding carboxylic acids is 2. The number of hydrogen-bond acceptors (Lipinski definition) is 4. The second-order valence-electron chi connectivity index (χ2n) is 6.70. The van der Waals surface area contributed by atoms with Crippen molar-refractivity contribution in [3.63, 3.8) is 0 Å². The van der Waals surface area contributed by atoms with Crippen molar-refractivity contribution < 1.29 is 23.1 Å². The number of para-hydroxylation sites is 1. The van der Waals surface area contributed by atoms with E-state index in [0.717, 1.165) is 13.1 Å². The van der Waals surface area contributed by atoms with Crippen LogP contribution in [-0.2, 0) is 4.79 Å². The van der Waals surface area contributed by atoms with E-state index in [0.29, 0.717) is 32.1 Å². The lowest BCUT2D eigenvalue weighted by atomic mass is 9.88. The SMILES string of the molecule is CC(C(=O)N1CCN(C(=O)c2ccccc2OC(F)F)CC1)C1CNC1. The molecule has 26 heavy (non-hydrogen) atoms. The molecule has 6 nitrogen and oxygen atoms in total. The minimum absolute atomic E-state index is 0.0290. The first-order valence-electron chi connectivity index (χ1n) is 8.80. The van der Waals surface area contributed by atoms with Crippen molar-refractivity contribution in [3.05, 3.63) is 29.8 Å². The van der Waals surface area contributed by atoms with Crippen molar-refractivity contribution in [2.45, 2.75) is 13.5 Å². The Morgan fingerprint density at radius 3 is 2.31 bits per heavy atom. The maximum atomic E-state index is 12.7. The number of ether oxygens (including phenoxy) is 1. The van der Waals surface area contributed by atoms with Crippen LogP contribution in [0.25, 0.3) is 0 Å². The van der Waals surface area contributed by atoms with Gasteiger partial charge in [-0.1, -0.05) is 19.1 Å². The van der Waals surface area contributed by atoms with Crippen LogP contribution >= 0.6 is 0 Å². The molecule has 2 aliphatic heterocycles. The van der Waals surface area contributed by atoms with Crippen LogP contribution in [0.1, 0.15) is 17.3 Å². The third-order valence-corrected chi connectivity index (χ3v) is 5.12. The van der Waals surface area contributed by atoms with E-state index in [4.69, 9.17) is 0 Å². The minimum atomic E-state index is -2.99. The Hall–Kier alpha value is -2.22. The minimum Gasteiger partial charge on any atom is -0.434 e. The fourth-order valence-electron chi connectivity index (χ4n) is 3.30. The van der Waals surface area contributed by atoms with Gasteiger partial charge in [0.05, 0.1) is 5.56 Å². The molecule has 0 radical (unpaired) electrons. The monoisotopic (exact) mass is 367 g/mol. The van der Waals surface area contributed by atoms with E-state index in [1.165, 1.54) is 12.1 Å². The number of benzene rings is 1. The summed E-state index contributed by atoms with van der Waals surface area (Å²) in [6.45, 7) is 2.36. The molecule has 2 aliphatic rings. The van der Waals surface area contributed by atoms with E-state index in [1.807, 2.05) is 6.92 Å². The van der Waals surface area contributed by atoms with Crippen LogP contribution < -0.4 is 10.1 Å². The third kappa shape index (κ3) is 3.95. The van der Waals surface area contributed by atoms with Crippen molar-refractivity contribution in [1.82, 2.24) is 15.1 Å². The molecular weight excluding hydrogens is 344 g/mol. The zero-order valence-electron chi connectivity index (χ0n) is 14.7. The lowest BCUT2D eigenvalue weighted by molar-refractivity contribution is -0.138. The number of halogens is 2. The summed E-state index contributed by atoms with van der Waals surface area (Å²) in [6.07, 6.45) is 0. The number of nitrogens with zero attached hydrogens (tertiary/aromatic N) is 2. The second kappa shape index (κ2) is 7.99. The highest BCUT2D eigenvalue weighted by Gasteiger charge is 2.34. The standard InChI is InChI=1S/C18H23F2N3O3/c1-12(13-10-21-11-13)16(24)22-6-8-23(9-7-22)17(25)14-4-2-3-5-15(14)26-18(19)20/h2-5,12-13,18,21H,6-11H2,1H3. The Kier molecular flexibility index (Phi) is 5.70. The van der Waals surface area contributed by atoms with Gasteiger partial charge in [0.15, 0.2) is 0 Å². The Morgan fingerprint density at radius 1 is 1.12 bits per heavy atom. The lowest BCUT2D eigenvalue weighted by Gasteiger charge is -2.39. The normalized spacial score (nSPS) is 19.2. The molecule has 0 aliphatic carbocycles. The summed E-state index contributed by atoms with van der Waals surface area (Å²) >= 11 is 0. The Balaban J connectivity index is 1.59. The van der Waals surface area contributed by atoms with Crippen LogP contribution in [0.4, 0.5) is 8.78 Å². The van der Waals surface area contributed by atoms with Crippen molar-refractivity contribution in [1.29, 1.82) is 0 Å². The molecule has 0 aromatic heterocycles. The van der Waals surface area contributed by atoms with E-state index >= 15 is 0 Å². The molecule has 0 bridgehead atoms. The number of alkyl halides is 2. The van der Waals surface area contributed by atoms with Gasteiger partial charge in [-0.15, -0.1) is 0 Å². The number of nitrogens with one attached hydrogen (secondary N) is 1. The van der Waals surface area contributed by atoms with Crippen molar-refractivity contribution >= 4 is 11.8 Å². The third-order valence-electron chi connectivity index (χ3n) is 5.12. The van der Waals surface area contributed by atoms with Gasteiger partial charge in [-0.2, -0.15) is 8.78 Å². The fraction of sp³-hybridized carbons (Fsp3) is 0.556. The molecule has 2 fully saturated rings. The number of hydrogen-bond donors (Lipinski definition) is 1. The highest BCUT2D eigenvalue weighted by Crippen LogP contribution is 2.23. The molecular formula is C18H23F2N3O3. The average Bonchev–Trinajstić information content (AvgIpc) is 2.59. The molecule has 1 aromatic rings. The Morgan fingerprint density at radius 2 is 1.73 bits per heavy atom. The summed E-state index contributed by atoms with van der Waals surface area (Å²) in [6, 6.07) is 5.98. The van der Waals surface area contributed by atoms with E-state index in [2.05, 4.69) is 10.1 Å². The molecule has 1 atom stereocenters. The zero-order valence-corrected chi connectivity index (χ0v) is 14.7. The number of piperazine rings is 1. The molecule has 1 unspecified atom stereocenters. The first-order chi connectivity index (χ1) is 12.5. The Labute approximate surface area is 151 Å². The highest BCUT2D eigenvalue weighted by atomic mass is 19.3. The van der Waals surface area contributed by atoms with Crippen LogP contribution in [-0.4, -0.2) is 67.5 Å². The topological polar surface area (TPSA) is 61.9 Å². The van der Waals surface area contributed by atoms with Gasteiger partial charge >= 0.3 is 6.61 Å². The quantitative estimate of drug-likeness (QED) is 0.855. The van der Waals surface area contributed by atoms with Crippen LogP contribution in [0.15, 0.2) is 24.3 Å². The number of rotatable bonds is 5. The van der Waals surface area contributed by atoms with Gasteiger partial charge in [-0.3, -0.25) is 9.59 Å². The summed E-state index contributed by atoms with van der Waals surface area (Å²) in [5.41, 5.74) is 0.112. The van der Waals surface area contributed by atoms with Crippen LogP contribution in [0, 0.1) is 11.8 Å². The lowest BCUT2D eigenvalue weighted by Crippen LogP contribution is -2.55. The van der Waals surface area contributed by atoms with E-state index in [1.54, 1.807) is 21.9 Å². The van der Waals surface area contributed by atoms with Crippen LogP contribution in [0.5, 0.6) is 5.75 Å². The largest absolute Gasteiger partial charge is 0.434 e. The van der Waals surface area contributed by atoms with Crippen molar-refractivity contribution in [2.24, 2.45) is 11.8 Å². The summed E-state index contributed by atoms with van der Waals surface area (Å²) in [5, 5.41) is 3.17. The highest BCUT2D eigenvalue weighted by molar-refractivity contribution is 5.97. The number of amides is 2. The van der Waals surface area contributed by atoms with Crippen LogP contribution in [0.2, 0.25) is 0 Å². The molecule has 142 valence electrons. The Bertz CT molecular complexity index is 659. The van der Waals surface area contributed by atoms with Gasteiger partial charge in [0.25, 0.3) is 5.91 Å².